The molecule has 0 spiro atoms. The van der Waals surface area contributed by atoms with E-state index < -0.39 is 30.5 Å². The Hall–Kier alpha value is -1.90. The maximum Gasteiger partial charge on any atom is 0.391 e. The highest BCUT2D eigenvalue weighted by molar-refractivity contribution is 8.00. The number of thioether (sulfide) groups is 1. The van der Waals surface area contributed by atoms with Gasteiger partial charge in [0.2, 0.25) is 5.91 Å². The number of rotatable bonds is 7. The molecule has 5 nitrogen and oxygen atoms in total. The van der Waals surface area contributed by atoms with E-state index in [0.717, 1.165) is 11.8 Å². The molecule has 1 atom stereocenters. The van der Waals surface area contributed by atoms with Crippen LogP contribution in [0, 0.1) is 0 Å². The topological polar surface area (TPSA) is 75.6 Å². The maximum atomic E-state index is 12.2. The number of carbonyl (C=O) groups is 2. The summed E-state index contributed by atoms with van der Waals surface area (Å²) in [5.41, 5.74) is 0. The fraction of sp³-hybridized carbons (Fsp3) is 0.385. The third-order valence-corrected chi connectivity index (χ3v) is 3.51. The predicted molar refractivity (Wildman–Crippen MR) is 74.0 cm³/mol. The number of aliphatic carboxylic acids is 1. The Labute approximate surface area is 128 Å². The summed E-state index contributed by atoms with van der Waals surface area (Å²) in [7, 11) is 1.50. The van der Waals surface area contributed by atoms with Gasteiger partial charge in [-0.15, -0.1) is 11.8 Å². The van der Waals surface area contributed by atoms with Gasteiger partial charge in [0.1, 0.15) is 11.8 Å². The first-order chi connectivity index (χ1) is 10.2. The zero-order valence-electron chi connectivity index (χ0n) is 11.5. The molecule has 22 heavy (non-hydrogen) atoms. The lowest BCUT2D eigenvalue weighted by molar-refractivity contribution is -0.159. The highest BCUT2D eigenvalue weighted by Gasteiger charge is 2.36. The van der Waals surface area contributed by atoms with E-state index in [1.807, 2.05) is 5.32 Å². The summed E-state index contributed by atoms with van der Waals surface area (Å²) in [5, 5.41) is 10.6. The van der Waals surface area contributed by atoms with Gasteiger partial charge in [-0.2, -0.15) is 13.2 Å². The van der Waals surface area contributed by atoms with Gasteiger partial charge in [-0.1, -0.05) is 0 Å². The van der Waals surface area contributed by atoms with Gasteiger partial charge >= 0.3 is 12.1 Å². The van der Waals surface area contributed by atoms with Crippen molar-refractivity contribution in [2.75, 3.05) is 12.9 Å². The van der Waals surface area contributed by atoms with Crippen LogP contribution < -0.4 is 10.1 Å². The molecule has 0 aliphatic heterocycles. The molecule has 0 aromatic heterocycles. The Balaban J connectivity index is 2.51. The van der Waals surface area contributed by atoms with Gasteiger partial charge < -0.3 is 15.2 Å². The zero-order chi connectivity index (χ0) is 16.8. The summed E-state index contributed by atoms with van der Waals surface area (Å²) in [6, 6.07) is 4.72. The van der Waals surface area contributed by atoms with Crippen LogP contribution in [0.1, 0.15) is 6.42 Å². The Morgan fingerprint density at radius 3 is 2.36 bits per heavy atom. The monoisotopic (exact) mass is 337 g/mol. The molecule has 1 aromatic rings. The SMILES string of the molecule is COc1ccc(SCC(=O)NC(CC(F)(F)F)C(=O)O)cc1. The smallest absolute Gasteiger partial charge is 0.391 e. The average Bonchev–Trinajstić information content (AvgIpc) is 2.43. The lowest BCUT2D eigenvalue weighted by atomic mass is 10.2. The van der Waals surface area contributed by atoms with E-state index in [4.69, 9.17) is 9.84 Å². The van der Waals surface area contributed by atoms with E-state index in [-0.39, 0.29) is 5.75 Å². The van der Waals surface area contributed by atoms with Crippen molar-refractivity contribution in [3.8, 4) is 5.75 Å². The molecule has 0 aliphatic rings. The van der Waals surface area contributed by atoms with Crippen LogP contribution in [0.2, 0.25) is 0 Å². The Morgan fingerprint density at radius 2 is 1.91 bits per heavy atom. The molecule has 2 N–H and O–H groups in total. The van der Waals surface area contributed by atoms with E-state index in [2.05, 4.69) is 0 Å². The Kier molecular flexibility index (Phi) is 6.54. The molecule has 0 saturated carbocycles. The normalized spacial score (nSPS) is 12.5. The summed E-state index contributed by atoms with van der Waals surface area (Å²) in [5.74, 6) is -2.06. The van der Waals surface area contributed by atoms with Gasteiger partial charge in [0.25, 0.3) is 0 Å². The highest BCUT2D eigenvalue weighted by atomic mass is 32.2. The molecule has 0 bridgehead atoms. The van der Waals surface area contributed by atoms with Gasteiger partial charge in [-0.05, 0) is 24.3 Å². The first kappa shape index (κ1) is 18.1. The predicted octanol–water partition coefficient (Wildman–Crippen LogP) is 2.31. The number of carboxylic acids is 1. The second-order valence-electron chi connectivity index (χ2n) is 4.24. The summed E-state index contributed by atoms with van der Waals surface area (Å²) in [6.45, 7) is 0. The number of ether oxygens (including phenoxy) is 1. The second-order valence-corrected chi connectivity index (χ2v) is 5.29. The summed E-state index contributed by atoms with van der Waals surface area (Å²) < 4.78 is 41.6. The van der Waals surface area contributed by atoms with E-state index in [1.165, 1.54) is 7.11 Å². The summed E-state index contributed by atoms with van der Waals surface area (Å²) in [6.07, 6.45) is -6.28. The van der Waals surface area contributed by atoms with Crippen LogP contribution in [0.5, 0.6) is 5.75 Å². The minimum atomic E-state index is -4.67. The lowest BCUT2D eigenvalue weighted by Gasteiger charge is -2.16. The van der Waals surface area contributed by atoms with Crippen molar-refractivity contribution >= 4 is 23.6 Å². The van der Waals surface area contributed by atoms with Crippen LogP contribution >= 0.6 is 11.8 Å². The van der Waals surface area contributed by atoms with Crippen molar-refractivity contribution in [1.82, 2.24) is 5.32 Å². The number of methoxy groups -OCH3 is 1. The number of alkyl halides is 3. The van der Waals surface area contributed by atoms with Crippen molar-refractivity contribution in [3.63, 3.8) is 0 Å². The van der Waals surface area contributed by atoms with E-state index in [9.17, 15) is 22.8 Å². The minimum absolute atomic E-state index is 0.187. The van der Waals surface area contributed by atoms with Gasteiger partial charge in [-0.3, -0.25) is 4.79 Å². The Bertz CT molecular complexity index is 519. The van der Waals surface area contributed by atoms with Gasteiger partial charge in [0.15, 0.2) is 0 Å². The second kappa shape index (κ2) is 7.92. The largest absolute Gasteiger partial charge is 0.497 e. The quantitative estimate of drug-likeness (QED) is 0.747. The number of carbonyl (C=O) groups excluding carboxylic acids is 1. The van der Waals surface area contributed by atoms with Crippen molar-refractivity contribution in [2.24, 2.45) is 0 Å². The number of hydrogen-bond donors (Lipinski definition) is 2. The van der Waals surface area contributed by atoms with Crippen LogP contribution in [-0.2, 0) is 9.59 Å². The number of nitrogens with one attached hydrogen (secondary N) is 1. The molecular weight excluding hydrogens is 323 g/mol. The summed E-state index contributed by atoms with van der Waals surface area (Å²) in [4.78, 5) is 23.0. The highest BCUT2D eigenvalue weighted by Crippen LogP contribution is 2.23. The van der Waals surface area contributed by atoms with Crippen molar-refractivity contribution in [1.29, 1.82) is 0 Å². The van der Waals surface area contributed by atoms with Crippen LogP contribution in [-0.4, -0.2) is 42.1 Å². The van der Waals surface area contributed by atoms with Gasteiger partial charge in [0.05, 0.1) is 19.3 Å². The number of halogens is 3. The van der Waals surface area contributed by atoms with Gasteiger partial charge in [0, 0.05) is 4.90 Å². The summed E-state index contributed by atoms with van der Waals surface area (Å²) >= 11 is 1.08. The molecule has 0 radical (unpaired) electrons. The van der Waals surface area contributed by atoms with Crippen LogP contribution in [0.15, 0.2) is 29.2 Å². The van der Waals surface area contributed by atoms with Gasteiger partial charge in [-0.25, -0.2) is 4.79 Å². The average molecular weight is 337 g/mol. The fourth-order valence-electron chi connectivity index (χ4n) is 1.49. The first-order valence-corrected chi connectivity index (χ1v) is 7.05. The molecule has 1 rings (SSSR count). The number of benzene rings is 1. The van der Waals surface area contributed by atoms with Crippen molar-refractivity contribution in [3.05, 3.63) is 24.3 Å². The lowest BCUT2D eigenvalue weighted by Crippen LogP contribution is -2.44. The van der Waals surface area contributed by atoms with Crippen molar-refractivity contribution in [2.45, 2.75) is 23.5 Å². The molecule has 0 fully saturated rings. The fourth-order valence-corrected chi connectivity index (χ4v) is 2.20. The van der Waals surface area contributed by atoms with Crippen LogP contribution in [0.25, 0.3) is 0 Å². The molecule has 122 valence electrons. The number of hydrogen-bond acceptors (Lipinski definition) is 4. The maximum absolute atomic E-state index is 12.2. The molecule has 0 saturated heterocycles. The molecule has 9 heteroatoms. The number of carboxylic acid groups (broad SMARTS) is 1. The number of amides is 1. The van der Waals surface area contributed by atoms with Crippen molar-refractivity contribution < 1.29 is 32.6 Å². The zero-order valence-corrected chi connectivity index (χ0v) is 12.3. The van der Waals surface area contributed by atoms with Crippen LogP contribution in [0.4, 0.5) is 13.2 Å². The molecule has 0 heterocycles. The molecule has 1 aromatic carbocycles. The van der Waals surface area contributed by atoms with E-state index >= 15 is 0 Å². The first-order valence-electron chi connectivity index (χ1n) is 6.07. The minimum Gasteiger partial charge on any atom is -0.497 e. The third-order valence-electron chi connectivity index (χ3n) is 2.50. The van der Waals surface area contributed by atoms with Crippen LogP contribution in [0.3, 0.4) is 0 Å². The molecule has 1 amide bonds. The third kappa shape index (κ3) is 6.70. The molecular formula is C13H14F3NO4S. The molecule has 0 aliphatic carbocycles. The standard InChI is InChI=1S/C13H14F3NO4S/c1-21-8-2-4-9(5-3-8)22-7-11(18)17-10(12(19)20)6-13(14,15)16/h2-5,10H,6-7H2,1H3,(H,17,18)(H,19,20). The van der Waals surface area contributed by atoms with E-state index in [0.29, 0.717) is 10.6 Å². The van der Waals surface area contributed by atoms with E-state index in [1.54, 1.807) is 24.3 Å². The Morgan fingerprint density at radius 1 is 1.32 bits per heavy atom. The molecule has 1 unspecified atom stereocenters.